The summed E-state index contributed by atoms with van der Waals surface area (Å²) in [5.74, 6) is -4.84. The molecule has 1 atom stereocenters. The molecule has 0 saturated heterocycles. The molecule has 94 valence electrons. The van der Waals surface area contributed by atoms with Crippen molar-refractivity contribution in [1.29, 1.82) is 0 Å². The molecule has 0 aliphatic carbocycles. The summed E-state index contributed by atoms with van der Waals surface area (Å²) in [7, 11) is 1.16. The molecule has 0 fully saturated rings. The van der Waals surface area contributed by atoms with Gasteiger partial charge in [0.2, 0.25) is 5.91 Å². The molecule has 0 aliphatic rings. The predicted octanol–water partition coefficient (Wildman–Crippen LogP) is 0.0383. The van der Waals surface area contributed by atoms with Gasteiger partial charge in [-0.2, -0.15) is 0 Å². The molecule has 0 aliphatic heterocycles. The first-order valence-electron chi connectivity index (χ1n) is 4.81. The molecule has 0 aromatic heterocycles. The SMILES string of the molecule is CC[C@H](NC(=O)CC(F)(F)CN)C(=O)OC. The first kappa shape index (κ1) is 14.8. The van der Waals surface area contributed by atoms with Gasteiger partial charge in [-0.15, -0.1) is 0 Å². The zero-order valence-corrected chi connectivity index (χ0v) is 9.26. The van der Waals surface area contributed by atoms with Gasteiger partial charge in [0, 0.05) is 0 Å². The van der Waals surface area contributed by atoms with Gasteiger partial charge in [0.05, 0.1) is 20.1 Å². The summed E-state index contributed by atoms with van der Waals surface area (Å²) >= 11 is 0. The standard InChI is InChI=1S/C9H16F2N2O3/c1-3-6(8(15)16-2)13-7(14)4-9(10,11)5-12/h6H,3-5,12H2,1-2H3,(H,13,14)/t6-/m0/s1. The van der Waals surface area contributed by atoms with E-state index in [2.05, 4.69) is 10.1 Å². The van der Waals surface area contributed by atoms with Crippen LogP contribution in [0, 0.1) is 0 Å². The van der Waals surface area contributed by atoms with Crippen LogP contribution in [0.25, 0.3) is 0 Å². The van der Waals surface area contributed by atoms with Gasteiger partial charge in [-0.3, -0.25) is 4.79 Å². The fourth-order valence-electron chi connectivity index (χ4n) is 1.02. The Labute approximate surface area is 92.3 Å². The number of halogens is 2. The van der Waals surface area contributed by atoms with Crippen LogP contribution in [0.3, 0.4) is 0 Å². The van der Waals surface area contributed by atoms with Crippen LogP contribution in [0.1, 0.15) is 19.8 Å². The van der Waals surface area contributed by atoms with Crippen molar-refractivity contribution in [2.45, 2.75) is 31.7 Å². The highest BCUT2D eigenvalue weighted by molar-refractivity contribution is 5.84. The molecule has 0 unspecified atom stereocenters. The Morgan fingerprint density at radius 1 is 1.50 bits per heavy atom. The molecule has 5 nitrogen and oxygen atoms in total. The summed E-state index contributed by atoms with van der Waals surface area (Å²) in [4.78, 5) is 22.2. The lowest BCUT2D eigenvalue weighted by Gasteiger charge is -2.17. The van der Waals surface area contributed by atoms with E-state index in [4.69, 9.17) is 5.73 Å². The van der Waals surface area contributed by atoms with Gasteiger partial charge in [-0.25, -0.2) is 13.6 Å². The van der Waals surface area contributed by atoms with Crippen molar-refractivity contribution in [2.75, 3.05) is 13.7 Å². The molecule has 16 heavy (non-hydrogen) atoms. The minimum Gasteiger partial charge on any atom is -0.467 e. The van der Waals surface area contributed by atoms with Crippen LogP contribution < -0.4 is 11.1 Å². The van der Waals surface area contributed by atoms with Crippen LogP contribution in [0.5, 0.6) is 0 Å². The molecule has 0 rings (SSSR count). The molecule has 0 saturated carbocycles. The summed E-state index contributed by atoms with van der Waals surface area (Å²) in [5, 5.41) is 2.16. The second-order valence-corrected chi connectivity index (χ2v) is 3.29. The van der Waals surface area contributed by atoms with Crippen LogP contribution in [-0.4, -0.2) is 37.5 Å². The molecular formula is C9H16F2N2O3. The Hall–Kier alpha value is -1.24. The van der Waals surface area contributed by atoms with Gasteiger partial charge in [0.15, 0.2) is 0 Å². The summed E-state index contributed by atoms with van der Waals surface area (Å²) in [6.07, 6.45) is -0.760. The molecule has 0 bridgehead atoms. The molecule has 7 heteroatoms. The Bertz CT molecular complexity index is 259. The first-order chi connectivity index (χ1) is 7.36. The fourth-order valence-corrected chi connectivity index (χ4v) is 1.02. The number of esters is 1. The van der Waals surface area contributed by atoms with E-state index in [0.29, 0.717) is 0 Å². The van der Waals surface area contributed by atoms with Crippen molar-refractivity contribution < 1.29 is 23.1 Å². The lowest BCUT2D eigenvalue weighted by Crippen LogP contribution is -2.44. The van der Waals surface area contributed by atoms with E-state index in [1.165, 1.54) is 0 Å². The number of methoxy groups -OCH3 is 1. The van der Waals surface area contributed by atoms with Crippen molar-refractivity contribution >= 4 is 11.9 Å². The number of carbonyl (C=O) groups excluding carboxylic acids is 2. The number of rotatable bonds is 6. The van der Waals surface area contributed by atoms with Crippen molar-refractivity contribution in [1.82, 2.24) is 5.32 Å². The maximum atomic E-state index is 12.7. The zero-order chi connectivity index (χ0) is 12.8. The number of hydrogen-bond donors (Lipinski definition) is 2. The summed E-state index contributed by atoms with van der Waals surface area (Å²) in [5.41, 5.74) is 4.78. The molecule has 1 amide bonds. The number of amides is 1. The third kappa shape index (κ3) is 5.01. The first-order valence-corrected chi connectivity index (χ1v) is 4.81. The maximum Gasteiger partial charge on any atom is 0.328 e. The molecule has 0 radical (unpaired) electrons. The number of alkyl halides is 2. The van der Waals surface area contributed by atoms with Gasteiger partial charge in [0.1, 0.15) is 6.04 Å². The number of nitrogens with two attached hydrogens (primary N) is 1. The van der Waals surface area contributed by atoms with Crippen molar-refractivity contribution in [3.63, 3.8) is 0 Å². The van der Waals surface area contributed by atoms with Crippen LogP contribution in [-0.2, 0) is 14.3 Å². The third-order valence-corrected chi connectivity index (χ3v) is 1.95. The fraction of sp³-hybridized carbons (Fsp3) is 0.778. The predicted molar refractivity (Wildman–Crippen MR) is 52.9 cm³/mol. The largest absolute Gasteiger partial charge is 0.467 e. The maximum absolute atomic E-state index is 12.7. The van der Waals surface area contributed by atoms with Gasteiger partial charge in [-0.1, -0.05) is 6.92 Å². The Kier molecular flexibility index (Phi) is 5.87. The van der Waals surface area contributed by atoms with E-state index in [9.17, 15) is 18.4 Å². The highest BCUT2D eigenvalue weighted by Gasteiger charge is 2.31. The van der Waals surface area contributed by atoms with Crippen LogP contribution in [0.15, 0.2) is 0 Å². The average molecular weight is 238 g/mol. The van der Waals surface area contributed by atoms with Gasteiger partial charge >= 0.3 is 5.97 Å². The van der Waals surface area contributed by atoms with Gasteiger partial charge < -0.3 is 15.8 Å². The minimum absolute atomic E-state index is 0.270. The molecule has 0 aromatic rings. The smallest absolute Gasteiger partial charge is 0.328 e. The Morgan fingerprint density at radius 3 is 2.44 bits per heavy atom. The molecule has 0 heterocycles. The van der Waals surface area contributed by atoms with E-state index >= 15 is 0 Å². The van der Waals surface area contributed by atoms with Crippen LogP contribution in [0.4, 0.5) is 8.78 Å². The summed E-state index contributed by atoms with van der Waals surface area (Å²) in [6, 6.07) is -0.897. The van der Waals surface area contributed by atoms with Crippen molar-refractivity contribution in [3.05, 3.63) is 0 Å². The van der Waals surface area contributed by atoms with Gasteiger partial charge in [0.25, 0.3) is 5.92 Å². The third-order valence-electron chi connectivity index (χ3n) is 1.95. The topological polar surface area (TPSA) is 81.4 Å². The second-order valence-electron chi connectivity index (χ2n) is 3.29. The van der Waals surface area contributed by atoms with Crippen molar-refractivity contribution in [2.24, 2.45) is 5.73 Å². The number of carbonyl (C=O) groups is 2. The zero-order valence-electron chi connectivity index (χ0n) is 9.26. The quantitative estimate of drug-likeness (QED) is 0.640. The minimum atomic E-state index is -3.25. The van der Waals surface area contributed by atoms with E-state index < -0.39 is 36.8 Å². The summed E-state index contributed by atoms with van der Waals surface area (Å²) < 4.78 is 29.9. The highest BCUT2D eigenvalue weighted by Crippen LogP contribution is 2.16. The van der Waals surface area contributed by atoms with Crippen molar-refractivity contribution in [3.8, 4) is 0 Å². The number of hydrogen-bond acceptors (Lipinski definition) is 4. The normalized spacial score (nSPS) is 13.1. The van der Waals surface area contributed by atoms with E-state index in [1.54, 1.807) is 6.92 Å². The number of nitrogens with one attached hydrogen (secondary N) is 1. The Morgan fingerprint density at radius 2 is 2.06 bits per heavy atom. The second kappa shape index (κ2) is 6.37. The average Bonchev–Trinajstić information content (AvgIpc) is 2.24. The van der Waals surface area contributed by atoms with Crippen LogP contribution in [0.2, 0.25) is 0 Å². The van der Waals surface area contributed by atoms with Crippen LogP contribution >= 0.6 is 0 Å². The highest BCUT2D eigenvalue weighted by atomic mass is 19.3. The molecule has 0 spiro atoms. The summed E-state index contributed by atoms with van der Waals surface area (Å²) in [6.45, 7) is 0.721. The Balaban J connectivity index is 4.27. The lowest BCUT2D eigenvalue weighted by molar-refractivity contribution is -0.146. The monoisotopic (exact) mass is 238 g/mol. The molecular weight excluding hydrogens is 222 g/mol. The van der Waals surface area contributed by atoms with Gasteiger partial charge in [-0.05, 0) is 6.42 Å². The molecule has 3 N–H and O–H groups in total. The molecule has 0 aromatic carbocycles. The van der Waals surface area contributed by atoms with E-state index in [0.717, 1.165) is 7.11 Å². The van der Waals surface area contributed by atoms with E-state index in [-0.39, 0.29) is 6.42 Å². The van der Waals surface area contributed by atoms with E-state index in [1.807, 2.05) is 0 Å². The number of ether oxygens (including phenoxy) is 1. The lowest BCUT2D eigenvalue weighted by atomic mass is 10.2.